The van der Waals surface area contributed by atoms with Gasteiger partial charge in [0.1, 0.15) is 0 Å². The molecule has 0 saturated heterocycles. The quantitative estimate of drug-likeness (QED) is 0.328. The van der Waals surface area contributed by atoms with Crippen LogP contribution in [0.1, 0.15) is 28.2 Å². The molecule has 0 spiro atoms. The van der Waals surface area contributed by atoms with Crippen LogP contribution in [0.25, 0.3) is 0 Å². The molecule has 0 saturated carbocycles. The molecule has 0 aliphatic rings. The van der Waals surface area contributed by atoms with E-state index in [2.05, 4.69) is 6.92 Å². The minimum absolute atomic E-state index is 0. The van der Waals surface area contributed by atoms with Gasteiger partial charge in [0.2, 0.25) is 0 Å². The molecule has 0 aliphatic carbocycles. The molecule has 0 nitrogen and oxygen atoms in total. The summed E-state index contributed by atoms with van der Waals surface area (Å²) in [6, 6.07) is 0. The van der Waals surface area contributed by atoms with Crippen LogP contribution in [0.15, 0.2) is 0 Å². The summed E-state index contributed by atoms with van der Waals surface area (Å²) in [5.74, 6) is 0. The van der Waals surface area contributed by atoms with Gasteiger partial charge in [-0.2, -0.15) is 6.92 Å². The second-order valence-corrected chi connectivity index (χ2v) is 0. The van der Waals surface area contributed by atoms with E-state index in [-0.39, 0.29) is 473 Å². The molecular weight excluding hydrogens is 1320 g/mol. The maximum Gasteiger partial charge on any atom is 0 e. The van der Waals surface area contributed by atoms with Crippen molar-refractivity contribution in [3.8, 4) is 0 Å². The van der Waals surface area contributed by atoms with Crippen molar-refractivity contribution >= 4 is 0 Å². The summed E-state index contributed by atoms with van der Waals surface area (Å²) in [6.45, 7) is 9.00. The van der Waals surface area contributed by atoms with Crippen LogP contribution in [0.2, 0.25) is 0 Å². The van der Waals surface area contributed by atoms with Gasteiger partial charge in [0, 0.05) is 458 Å². The van der Waals surface area contributed by atoms with Crippen LogP contribution in [0, 0.1) is 14.4 Å². The zero-order valence-electron chi connectivity index (χ0n) is 12.8. The Hall–Kier alpha value is 15.5. The van der Waals surface area contributed by atoms with Crippen LogP contribution >= 0.6 is 0 Å². The van der Waals surface area contributed by atoms with E-state index in [4.69, 9.17) is 0 Å². The fraction of sp³-hybridized carbons (Fsp3) is 0.667. The molecule has 0 heterocycles. The van der Waals surface area contributed by atoms with Crippen LogP contribution in [0.4, 0.5) is 0 Å². The van der Waals surface area contributed by atoms with Gasteiger partial charge >= 0.3 is 0 Å². The Labute approximate surface area is 483 Å². The first kappa shape index (κ1) is 138. The van der Waals surface area contributed by atoms with Gasteiger partial charge in [-0.15, -0.1) is 0 Å². The fourth-order valence-electron chi connectivity index (χ4n) is 0. The minimum Gasteiger partial charge on any atom is -0.358 e. The van der Waals surface area contributed by atoms with Crippen molar-refractivity contribution in [3.63, 3.8) is 0 Å². The average molecular weight is 1330 g/mol. The predicted octanol–water partition coefficient (Wildman–Crippen LogP) is 2.92. The van der Waals surface area contributed by atoms with Gasteiger partial charge in [0.05, 0.1) is 0 Å². The Kier molecular flexibility index (Phi) is 1120. The average Bonchev–Trinajstić information content (AvgIpc) is 1.50. The van der Waals surface area contributed by atoms with Gasteiger partial charge in [-0.05, 0) is 0 Å². The molecule has 0 aliphatic heterocycles. The molecule has 0 fully saturated rings. The van der Waals surface area contributed by atoms with Crippen molar-refractivity contribution in [1.29, 1.82) is 0 Å². The number of hydrogen-bond acceptors (Lipinski definition) is 0. The standard InChI is InChI=1S/C2H6.C2H5.CH4.CH3.14Y/c2*1-2;;;;;;;;;;;;;;;;/h1-2H3;1H2,2H3;1H4;1H3;;;;;;;;;;;;;;/q;-1;;-1;;;;;;;;;;;;;;. The van der Waals surface area contributed by atoms with Crippen molar-refractivity contribution in [2.75, 3.05) is 0 Å². The largest absolute Gasteiger partial charge is 0.358 e. The molecule has 14 heteroatoms. The van der Waals surface area contributed by atoms with Crippen LogP contribution in [0.3, 0.4) is 0 Å². The molecule has 0 atom stereocenters. The van der Waals surface area contributed by atoms with Gasteiger partial charge in [0.25, 0.3) is 0 Å². The van der Waals surface area contributed by atoms with Crippen molar-refractivity contribution in [2.45, 2.75) is 28.2 Å². The third kappa shape index (κ3) is 148. The second-order valence-electron chi connectivity index (χ2n) is 0. The van der Waals surface area contributed by atoms with E-state index in [0.717, 1.165) is 0 Å². The predicted molar refractivity (Wildman–Crippen MR) is 35.5 cm³/mol. The van der Waals surface area contributed by atoms with E-state index >= 15 is 0 Å². The van der Waals surface area contributed by atoms with E-state index in [0.29, 0.717) is 0 Å². The molecule has 0 aromatic heterocycles. The Balaban J connectivity index is -0.000000000139. The topological polar surface area (TPSA) is 0 Å². The second kappa shape index (κ2) is 161. The van der Waals surface area contributed by atoms with Crippen molar-refractivity contribution in [3.05, 3.63) is 14.4 Å². The molecule has 20 heavy (non-hydrogen) atoms. The number of rotatable bonds is 0. The van der Waals surface area contributed by atoms with Crippen molar-refractivity contribution < 1.29 is 458 Å². The van der Waals surface area contributed by atoms with Crippen LogP contribution in [0.5, 0.6) is 0 Å². The van der Waals surface area contributed by atoms with Crippen molar-refractivity contribution in [1.82, 2.24) is 0 Å². The Morgan fingerprint density at radius 3 is 0.350 bits per heavy atom. The SMILES string of the molecule is C.CC.[CH2-]C.[CH3-].[Y].[Y].[Y].[Y].[Y].[Y].[Y].[Y].[Y].[Y].[Y].[Y].[Y].[Y]. The zero-order chi connectivity index (χ0) is 4.00. The molecule has 0 N–H and O–H groups in total. The first-order valence-electron chi connectivity index (χ1n) is 1.71. The fourth-order valence-corrected chi connectivity index (χ4v) is 0. The van der Waals surface area contributed by atoms with Crippen molar-refractivity contribution in [2.24, 2.45) is 0 Å². The normalized spacial score (nSPS) is 0.600. The van der Waals surface area contributed by atoms with Crippen LogP contribution < -0.4 is 0 Å². The summed E-state index contributed by atoms with van der Waals surface area (Å²) in [5, 5.41) is 0. The molecule has 86 valence electrons. The summed E-state index contributed by atoms with van der Waals surface area (Å²) >= 11 is 0. The Morgan fingerprint density at radius 1 is 0.350 bits per heavy atom. The third-order valence-electron chi connectivity index (χ3n) is 0. The third-order valence-corrected chi connectivity index (χ3v) is 0. The first-order chi connectivity index (χ1) is 2.00. The van der Waals surface area contributed by atoms with E-state index < -0.39 is 0 Å². The maximum atomic E-state index is 3.25. The van der Waals surface area contributed by atoms with Gasteiger partial charge < -0.3 is 14.4 Å². The molecule has 0 amide bonds. The smallest absolute Gasteiger partial charge is 0 e. The monoisotopic (exact) mass is 1330 g/mol. The number of hydrogen-bond donors (Lipinski definition) is 0. The Morgan fingerprint density at radius 2 is 0.350 bits per heavy atom. The molecule has 0 unspecified atom stereocenters. The summed E-state index contributed by atoms with van der Waals surface area (Å²) in [7, 11) is 0. The van der Waals surface area contributed by atoms with E-state index in [1.54, 1.807) is 6.92 Å². The van der Waals surface area contributed by atoms with E-state index in [1.807, 2.05) is 13.8 Å². The van der Waals surface area contributed by atoms with Crippen LogP contribution in [-0.4, -0.2) is 0 Å². The molecule has 0 rings (SSSR count). The molecular formula is C6H18Y14-2. The molecule has 0 bridgehead atoms. The van der Waals surface area contributed by atoms with Crippen LogP contribution in [-0.2, 0) is 458 Å². The molecule has 0 aromatic rings. The van der Waals surface area contributed by atoms with E-state index in [9.17, 15) is 0 Å². The maximum absolute atomic E-state index is 3.25. The van der Waals surface area contributed by atoms with E-state index in [1.165, 1.54) is 0 Å². The summed E-state index contributed by atoms with van der Waals surface area (Å²) in [5.41, 5.74) is 0. The minimum atomic E-state index is 0. The first-order valence-corrected chi connectivity index (χ1v) is 1.71. The van der Waals surface area contributed by atoms with Gasteiger partial charge in [-0.25, -0.2) is 0 Å². The Bertz CT molecular complexity index is 17.6. The van der Waals surface area contributed by atoms with Gasteiger partial charge in [-0.1, -0.05) is 21.3 Å². The molecule has 14 radical (unpaired) electrons. The van der Waals surface area contributed by atoms with Gasteiger partial charge in [0.15, 0.2) is 0 Å². The van der Waals surface area contributed by atoms with Gasteiger partial charge in [-0.3, -0.25) is 0 Å². The summed E-state index contributed by atoms with van der Waals surface area (Å²) in [4.78, 5) is 0. The summed E-state index contributed by atoms with van der Waals surface area (Å²) < 4.78 is 0. The molecule has 0 aromatic carbocycles. The zero-order valence-corrected chi connectivity index (χ0v) is 52.5. The summed E-state index contributed by atoms with van der Waals surface area (Å²) in [6.07, 6.45) is 0.